The van der Waals surface area contributed by atoms with E-state index < -0.39 is 0 Å². The summed E-state index contributed by atoms with van der Waals surface area (Å²) in [6.45, 7) is 2.28. The van der Waals surface area contributed by atoms with Gasteiger partial charge in [0.1, 0.15) is 0 Å². The van der Waals surface area contributed by atoms with Gasteiger partial charge in [0.2, 0.25) is 0 Å². The van der Waals surface area contributed by atoms with E-state index in [2.05, 4.69) is 67.6 Å². The number of hydrogen-bond acceptors (Lipinski definition) is 1. The second-order valence-corrected chi connectivity index (χ2v) is 8.50. The third kappa shape index (κ3) is 3.09. The fourth-order valence-electron chi connectivity index (χ4n) is 5.07. The van der Waals surface area contributed by atoms with Gasteiger partial charge in [-0.2, -0.15) is 0 Å². The van der Waals surface area contributed by atoms with Crippen molar-refractivity contribution in [2.24, 2.45) is 0 Å². The van der Waals surface area contributed by atoms with Crippen molar-refractivity contribution in [2.75, 3.05) is 5.73 Å². The molecule has 0 heterocycles. The van der Waals surface area contributed by atoms with Crippen LogP contribution in [-0.2, 0) is 6.42 Å². The molecule has 1 heteroatoms. The lowest BCUT2D eigenvalue weighted by molar-refractivity contribution is 0.608. The number of nitrogen functional groups attached to an aromatic ring is 1. The number of nitrogens with two attached hydrogens (primary N) is 1. The summed E-state index contributed by atoms with van der Waals surface area (Å²) >= 11 is 0. The van der Waals surface area contributed by atoms with Crippen LogP contribution < -0.4 is 5.73 Å². The lowest BCUT2D eigenvalue weighted by Crippen LogP contribution is -1.94. The standard InChI is InChI=1S/C28H29N/c1-2-3-4-5-6-7-10-19-17-21-12-9-14-23-26(21)24(18-19)22-13-8-11-20-15-16-25(29)28(23)27(20)22/h8-9,11-18H,2-7,10,29H2,1H3. The van der Waals surface area contributed by atoms with Crippen LogP contribution in [-0.4, -0.2) is 0 Å². The molecule has 2 N–H and O–H groups in total. The molecule has 5 rings (SSSR count). The van der Waals surface area contributed by atoms with E-state index in [0.29, 0.717) is 0 Å². The van der Waals surface area contributed by atoms with Crippen LogP contribution >= 0.6 is 0 Å². The van der Waals surface area contributed by atoms with Crippen molar-refractivity contribution in [2.45, 2.75) is 51.9 Å². The predicted octanol–water partition coefficient (Wildman–Crippen LogP) is 8.22. The molecule has 29 heavy (non-hydrogen) atoms. The zero-order valence-electron chi connectivity index (χ0n) is 17.3. The predicted molar refractivity (Wildman–Crippen MR) is 129 cm³/mol. The topological polar surface area (TPSA) is 26.0 Å². The van der Waals surface area contributed by atoms with Crippen molar-refractivity contribution < 1.29 is 0 Å². The molecule has 0 bridgehead atoms. The summed E-state index contributed by atoms with van der Waals surface area (Å²) in [6, 6.07) is 22.4. The highest BCUT2D eigenvalue weighted by molar-refractivity contribution is 6.35. The molecule has 0 aromatic heterocycles. The van der Waals surface area contributed by atoms with Crippen molar-refractivity contribution in [3.8, 4) is 0 Å². The smallest absolute Gasteiger partial charge is 0.0400 e. The Kier molecular flexibility index (Phi) is 4.75. The van der Waals surface area contributed by atoms with Crippen LogP contribution in [0.1, 0.15) is 51.0 Å². The number of aryl methyl sites for hydroxylation is 1. The lowest BCUT2D eigenvalue weighted by Gasteiger charge is -2.17. The molecule has 0 unspecified atom stereocenters. The number of rotatable bonds is 7. The maximum Gasteiger partial charge on any atom is 0.0400 e. The van der Waals surface area contributed by atoms with Crippen molar-refractivity contribution >= 4 is 48.8 Å². The van der Waals surface area contributed by atoms with E-state index >= 15 is 0 Å². The van der Waals surface area contributed by atoms with Gasteiger partial charge < -0.3 is 5.73 Å². The van der Waals surface area contributed by atoms with Crippen molar-refractivity contribution in [1.29, 1.82) is 0 Å². The molecule has 0 amide bonds. The largest absolute Gasteiger partial charge is 0.398 e. The van der Waals surface area contributed by atoms with Gasteiger partial charge in [0.05, 0.1) is 0 Å². The van der Waals surface area contributed by atoms with E-state index in [1.165, 1.54) is 93.6 Å². The SMILES string of the molecule is CCCCCCCCc1cc2cccc3c4c(N)ccc5cccc(c(c1)c23)c54. The zero-order chi connectivity index (χ0) is 19.8. The molecule has 0 aliphatic rings. The Morgan fingerprint density at radius 1 is 0.621 bits per heavy atom. The molecular weight excluding hydrogens is 350 g/mol. The molecule has 5 aromatic carbocycles. The fraction of sp³-hybridized carbons (Fsp3) is 0.286. The zero-order valence-corrected chi connectivity index (χ0v) is 17.3. The van der Waals surface area contributed by atoms with Crippen LogP contribution in [0.25, 0.3) is 43.1 Å². The van der Waals surface area contributed by atoms with E-state index in [9.17, 15) is 0 Å². The molecule has 146 valence electrons. The highest BCUT2D eigenvalue weighted by Gasteiger charge is 2.15. The second-order valence-electron chi connectivity index (χ2n) is 8.50. The normalized spacial score (nSPS) is 12.0. The Morgan fingerprint density at radius 3 is 2.24 bits per heavy atom. The second kappa shape index (κ2) is 7.55. The molecular formula is C28H29N. The number of fused-ring (bicyclic) bond motifs is 2. The first-order chi connectivity index (χ1) is 14.3. The minimum Gasteiger partial charge on any atom is -0.398 e. The van der Waals surface area contributed by atoms with Gasteiger partial charge in [0, 0.05) is 11.1 Å². The van der Waals surface area contributed by atoms with Gasteiger partial charge in [-0.05, 0) is 62.2 Å². The van der Waals surface area contributed by atoms with Crippen LogP contribution in [0.2, 0.25) is 0 Å². The van der Waals surface area contributed by atoms with E-state index in [1.54, 1.807) is 0 Å². The first kappa shape index (κ1) is 18.2. The van der Waals surface area contributed by atoms with Gasteiger partial charge in [-0.1, -0.05) is 93.6 Å². The van der Waals surface area contributed by atoms with Gasteiger partial charge >= 0.3 is 0 Å². The van der Waals surface area contributed by atoms with Crippen LogP contribution in [0.15, 0.2) is 60.7 Å². The summed E-state index contributed by atoms with van der Waals surface area (Å²) in [7, 11) is 0. The van der Waals surface area contributed by atoms with Gasteiger partial charge in [-0.3, -0.25) is 0 Å². The van der Waals surface area contributed by atoms with E-state index in [1.807, 2.05) is 0 Å². The van der Waals surface area contributed by atoms with Crippen LogP contribution in [0.3, 0.4) is 0 Å². The maximum absolute atomic E-state index is 6.48. The van der Waals surface area contributed by atoms with E-state index in [4.69, 9.17) is 5.73 Å². The fourth-order valence-corrected chi connectivity index (χ4v) is 5.07. The molecule has 0 radical (unpaired) electrons. The Labute approximate surface area is 172 Å². The summed E-state index contributed by atoms with van der Waals surface area (Å²) in [5, 5.41) is 10.5. The minimum atomic E-state index is 0.874. The molecule has 0 atom stereocenters. The highest BCUT2D eigenvalue weighted by atomic mass is 14.6. The molecule has 1 nitrogen and oxygen atoms in total. The van der Waals surface area contributed by atoms with Crippen LogP contribution in [0, 0.1) is 0 Å². The third-order valence-electron chi connectivity index (χ3n) is 6.49. The summed E-state index contributed by atoms with van der Waals surface area (Å²) in [6.07, 6.45) is 9.21. The Morgan fingerprint density at radius 2 is 1.38 bits per heavy atom. The lowest BCUT2D eigenvalue weighted by atomic mass is 9.87. The van der Waals surface area contributed by atoms with E-state index in [0.717, 1.165) is 5.69 Å². The van der Waals surface area contributed by atoms with Gasteiger partial charge in [-0.25, -0.2) is 0 Å². The van der Waals surface area contributed by atoms with Crippen LogP contribution in [0.4, 0.5) is 5.69 Å². The number of unbranched alkanes of at least 4 members (excludes halogenated alkanes) is 5. The first-order valence-electron chi connectivity index (χ1n) is 11.2. The van der Waals surface area contributed by atoms with Crippen molar-refractivity contribution in [3.05, 3.63) is 66.2 Å². The molecule has 0 spiro atoms. The summed E-state index contributed by atoms with van der Waals surface area (Å²) < 4.78 is 0. The summed E-state index contributed by atoms with van der Waals surface area (Å²) in [5.41, 5.74) is 8.81. The average molecular weight is 380 g/mol. The van der Waals surface area contributed by atoms with E-state index in [-0.39, 0.29) is 0 Å². The van der Waals surface area contributed by atoms with Gasteiger partial charge in [0.25, 0.3) is 0 Å². The quantitative estimate of drug-likeness (QED) is 0.131. The minimum absolute atomic E-state index is 0.874. The summed E-state index contributed by atoms with van der Waals surface area (Å²) in [5.74, 6) is 0. The van der Waals surface area contributed by atoms with Crippen molar-refractivity contribution in [3.63, 3.8) is 0 Å². The summed E-state index contributed by atoms with van der Waals surface area (Å²) in [4.78, 5) is 0. The third-order valence-corrected chi connectivity index (χ3v) is 6.49. The van der Waals surface area contributed by atoms with Gasteiger partial charge in [-0.15, -0.1) is 0 Å². The monoisotopic (exact) mass is 379 g/mol. The first-order valence-corrected chi connectivity index (χ1v) is 11.2. The van der Waals surface area contributed by atoms with Crippen molar-refractivity contribution in [1.82, 2.24) is 0 Å². The Balaban J connectivity index is 1.66. The maximum atomic E-state index is 6.48. The average Bonchev–Trinajstić information content (AvgIpc) is 2.75. The van der Waals surface area contributed by atoms with Gasteiger partial charge in [0.15, 0.2) is 0 Å². The molecule has 0 fully saturated rings. The van der Waals surface area contributed by atoms with Crippen LogP contribution in [0.5, 0.6) is 0 Å². The molecule has 0 aliphatic heterocycles. The highest BCUT2D eigenvalue weighted by Crippen LogP contribution is 2.42. The molecule has 0 saturated carbocycles. The molecule has 0 aliphatic carbocycles. The molecule has 5 aromatic rings. The number of anilines is 1. The Bertz CT molecular complexity index is 1300. The Hall–Kier alpha value is -2.80. The number of benzene rings is 5. The molecule has 0 saturated heterocycles. The number of hydrogen-bond donors (Lipinski definition) is 1.